The molecule has 2 N–H and O–H groups in total. The van der Waals surface area contributed by atoms with Crippen molar-refractivity contribution in [2.45, 2.75) is 31.1 Å². The molecule has 0 spiro atoms. The Morgan fingerprint density at radius 2 is 1.93 bits per heavy atom. The molecule has 1 aliphatic carbocycles. The van der Waals surface area contributed by atoms with E-state index in [-0.39, 0.29) is 23.9 Å². The number of hydrogen-bond donors (Lipinski definition) is 2. The van der Waals surface area contributed by atoms with Crippen LogP contribution < -0.4 is 10.6 Å². The number of nitrogens with zero attached hydrogens (tertiary/aromatic N) is 2. The van der Waals surface area contributed by atoms with Gasteiger partial charge in [0.05, 0.1) is 13.1 Å². The van der Waals surface area contributed by atoms with Gasteiger partial charge in [-0.1, -0.05) is 24.8 Å². The summed E-state index contributed by atoms with van der Waals surface area (Å²) >= 11 is 1.80. The number of amides is 3. The number of nitrogens with one attached hydrogen (secondary N) is 2. The summed E-state index contributed by atoms with van der Waals surface area (Å²) in [6.07, 6.45) is 9.90. The molecule has 6 nitrogen and oxygen atoms in total. The van der Waals surface area contributed by atoms with Crippen molar-refractivity contribution in [3.63, 3.8) is 0 Å². The lowest BCUT2D eigenvalue weighted by Crippen LogP contribution is -2.54. The normalized spacial score (nSPS) is 19.4. The molecule has 7 heteroatoms. The van der Waals surface area contributed by atoms with Crippen molar-refractivity contribution in [3.8, 4) is 12.3 Å². The molecule has 3 amide bonds. The van der Waals surface area contributed by atoms with Gasteiger partial charge in [0.15, 0.2) is 0 Å². The van der Waals surface area contributed by atoms with Crippen molar-refractivity contribution >= 4 is 23.3 Å². The molecule has 1 aromatic heterocycles. The minimum absolute atomic E-state index is 0.00858. The van der Waals surface area contributed by atoms with Crippen molar-refractivity contribution < 1.29 is 9.59 Å². The summed E-state index contributed by atoms with van der Waals surface area (Å²) in [5, 5.41) is 7.98. The highest BCUT2D eigenvalue weighted by atomic mass is 32.1. The number of carbonyl (C=O) groups excluding carboxylic acids is 2. The van der Waals surface area contributed by atoms with Crippen LogP contribution in [-0.2, 0) is 10.2 Å². The molecule has 0 radical (unpaired) electrons. The van der Waals surface area contributed by atoms with Gasteiger partial charge in [-0.25, -0.2) is 4.79 Å². The average Bonchev–Trinajstić information content (AvgIpc) is 3.37. The maximum atomic E-state index is 12.6. The minimum Gasteiger partial charge on any atom is -0.344 e. The molecule has 3 rings (SSSR count). The van der Waals surface area contributed by atoms with E-state index >= 15 is 0 Å². The molecule has 2 fully saturated rings. The topological polar surface area (TPSA) is 64.7 Å². The van der Waals surface area contributed by atoms with Crippen molar-refractivity contribution in [1.82, 2.24) is 20.4 Å². The highest BCUT2D eigenvalue weighted by Gasteiger charge is 2.37. The zero-order valence-electron chi connectivity index (χ0n) is 15.7. The van der Waals surface area contributed by atoms with Crippen molar-refractivity contribution in [3.05, 3.63) is 22.4 Å². The number of rotatable bonds is 6. The van der Waals surface area contributed by atoms with Crippen molar-refractivity contribution in [2.24, 2.45) is 0 Å². The molecule has 1 aliphatic heterocycles. The zero-order valence-corrected chi connectivity index (χ0v) is 16.5. The van der Waals surface area contributed by atoms with E-state index in [0.29, 0.717) is 39.3 Å². The SMILES string of the molecule is C#CCNC(=O)CN1CCN(C(=O)NCC2(c3cccs3)CCCC2)CC1. The summed E-state index contributed by atoms with van der Waals surface area (Å²) in [6, 6.07) is 4.31. The van der Waals surface area contributed by atoms with E-state index in [0.717, 1.165) is 12.8 Å². The number of terminal acetylenes is 1. The molecule has 1 aromatic rings. The lowest BCUT2D eigenvalue weighted by atomic mass is 9.84. The molecule has 0 atom stereocenters. The van der Waals surface area contributed by atoms with Crippen LogP contribution in [0.15, 0.2) is 17.5 Å². The lowest BCUT2D eigenvalue weighted by Gasteiger charge is -2.35. The zero-order chi connectivity index (χ0) is 19.1. The Labute approximate surface area is 165 Å². The molecule has 1 saturated carbocycles. The van der Waals surface area contributed by atoms with Gasteiger partial charge >= 0.3 is 6.03 Å². The van der Waals surface area contributed by atoms with E-state index in [1.54, 1.807) is 11.3 Å². The summed E-state index contributed by atoms with van der Waals surface area (Å²) in [7, 11) is 0. The third kappa shape index (κ3) is 5.02. The Balaban J connectivity index is 1.44. The minimum atomic E-state index is -0.0648. The van der Waals surface area contributed by atoms with Crippen LogP contribution in [0.2, 0.25) is 0 Å². The van der Waals surface area contributed by atoms with E-state index < -0.39 is 0 Å². The Morgan fingerprint density at radius 1 is 1.19 bits per heavy atom. The molecule has 2 aliphatic rings. The van der Waals surface area contributed by atoms with Crippen LogP contribution in [0, 0.1) is 12.3 Å². The summed E-state index contributed by atoms with van der Waals surface area (Å²) in [4.78, 5) is 29.7. The van der Waals surface area contributed by atoms with Crippen LogP contribution in [0.3, 0.4) is 0 Å². The van der Waals surface area contributed by atoms with E-state index in [1.807, 2.05) is 4.90 Å². The molecule has 0 unspecified atom stereocenters. The Hall–Kier alpha value is -2.04. The van der Waals surface area contributed by atoms with Gasteiger partial charge in [0.1, 0.15) is 0 Å². The Kier molecular flexibility index (Phi) is 6.75. The van der Waals surface area contributed by atoms with Gasteiger partial charge in [0.25, 0.3) is 0 Å². The molecule has 0 bridgehead atoms. The lowest BCUT2D eigenvalue weighted by molar-refractivity contribution is -0.122. The second kappa shape index (κ2) is 9.25. The predicted octanol–water partition coefficient (Wildman–Crippen LogP) is 1.64. The average molecular weight is 389 g/mol. The smallest absolute Gasteiger partial charge is 0.317 e. The first-order valence-electron chi connectivity index (χ1n) is 9.62. The fourth-order valence-electron chi connectivity index (χ4n) is 4.02. The monoisotopic (exact) mass is 388 g/mol. The van der Waals surface area contributed by atoms with E-state index in [1.165, 1.54) is 17.7 Å². The van der Waals surface area contributed by atoms with Crippen LogP contribution in [0.4, 0.5) is 4.79 Å². The first-order valence-corrected chi connectivity index (χ1v) is 10.5. The van der Waals surface area contributed by atoms with Crippen LogP contribution in [0.25, 0.3) is 0 Å². The Bertz CT molecular complexity index is 669. The third-order valence-corrected chi connectivity index (χ3v) is 6.71. The fourth-order valence-corrected chi connectivity index (χ4v) is 5.00. The molecule has 0 aromatic carbocycles. The van der Waals surface area contributed by atoms with Crippen LogP contribution in [0.5, 0.6) is 0 Å². The van der Waals surface area contributed by atoms with E-state index in [4.69, 9.17) is 6.42 Å². The van der Waals surface area contributed by atoms with Gasteiger partial charge < -0.3 is 15.5 Å². The number of piperazine rings is 1. The summed E-state index contributed by atoms with van der Waals surface area (Å²) in [6.45, 7) is 3.98. The van der Waals surface area contributed by atoms with Crippen LogP contribution in [0.1, 0.15) is 30.6 Å². The van der Waals surface area contributed by atoms with Gasteiger partial charge in [-0.05, 0) is 24.3 Å². The first-order chi connectivity index (χ1) is 13.1. The molecule has 1 saturated heterocycles. The Morgan fingerprint density at radius 3 is 2.56 bits per heavy atom. The molecule has 27 heavy (non-hydrogen) atoms. The van der Waals surface area contributed by atoms with Crippen molar-refractivity contribution in [2.75, 3.05) is 45.8 Å². The van der Waals surface area contributed by atoms with Crippen LogP contribution >= 0.6 is 11.3 Å². The van der Waals surface area contributed by atoms with Gasteiger partial charge in [0, 0.05) is 43.0 Å². The molecule has 146 valence electrons. The van der Waals surface area contributed by atoms with Crippen LogP contribution in [-0.4, -0.2) is 67.6 Å². The summed E-state index contributed by atoms with van der Waals surface area (Å²) < 4.78 is 0. The number of hydrogen-bond acceptors (Lipinski definition) is 4. The van der Waals surface area contributed by atoms with Gasteiger partial charge in [-0.2, -0.15) is 0 Å². The largest absolute Gasteiger partial charge is 0.344 e. The summed E-state index contributed by atoms with van der Waals surface area (Å²) in [5.74, 6) is 2.33. The maximum absolute atomic E-state index is 12.6. The fraction of sp³-hybridized carbons (Fsp3) is 0.600. The summed E-state index contributed by atoms with van der Waals surface area (Å²) in [5.41, 5.74) is 0.112. The third-order valence-electron chi connectivity index (χ3n) is 5.60. The number of carbonyl (C=O) groups is 2. The van der Waals surface area contributed by atoms with Gasteiger partial charge in [-0.15, -0.1) is 17.8 Å². The number of urea groups is 1. The quantitative estimate of drug-likeness (QED) is 0.728. The second-order valence-corrected chi connectivity index (χ2v) is 8.32. The first kappa shape index (κ1) is 19.7. The highest BCUT2D eigenvalue weighted by Crippen LogP contribution is 2.42. The molecule has 2 heterocycles. The highest BCUT2D eigenvalue weighted by molar-refractivity contribution is 7.10. The second-order valence-electron chi connectivity index (χ2n) is 7.37. The van der Waals surface area contributed by atoms with Gasteiger partial charge in [-0.3, -0.25) is 9.69 Å². The predicted molar refractivity (Wildman–Crippen MR) is 108 cm³/mol. The van der Waals surface area contributed by atoms with E-state index in [2.05, 4.69) is 39.0 Å². The van der Waals surface area contributed by atoms with Gasteiger partial charge in [0.2, 0.25) is 5.91 Å². The van der Waals surface area contributed by atoms with E-state index in [9.17, 15) is 9.59 Å². The molecular weight excluding hydrogens is 360 g/mol. The number of thiophene rings is 1. The van der Waals surface area contributed by atoms with Crippen molar-refractivity contribution in [1.29, 1.82) is 0 Å². The standard InChI is InChI=1S/C20H28N4O2S/c1-2-9-21-18(25)15-23-10-12-24(13-11-23)19(26)22-16-20(7-3-4-8-20)17-6-5-14-27-17/h1,5-6,14H,3-4,7-13,15-16H2,(H,21,25)(H,22,26). The molecular formula is C20H28N4O2S. The maximum Gasteiger partial charge on any atom is 0.317 e.